The Morgan fingerprint density at radius 3 is 2.50 bits per heavy atom. The van der Waals surface area contributed by atoms with E-state index in [2.05, 4.69) is 20.9 Å². The second-order valence-electron chi connectivity index (χ2n) is 7.05. The number of aromatic nitrogens is 2. The Morgan fingerprint density at radius 1 is 1.18 bits per heavy atom. The molecule has 2 aromatic heterocycles. The number of pyridine rings is 1. The Labute approximate surface area is 172 Å². The minimum atomic E-state index is -3.92. The lowest BCUT2D eigenvalue weighted by atomic mass is 10.2. The molecule has 3 aromatic rings. The summed E-state index contributed by atoms with van der Waals surface area (Å²) in [5.74, 6) is -0.562. The van der Waals surface area contributed by atoms with Crippen LogP contribution in [0, 0.1) is 0 Å². The van der Waals surface area contributed by atoms with Gasteiger partial charge in [-0.05, 0) is 67.0 Å². The van der Waals surface area contributed by atoms with Gasteiger partial charge in [0.05, 0.1) is 10.6 Å². The zero-order valence-electron chi connectivity index (χ0n) is 15.6. The second kappa shape index (κ2) is 7.52. The van der Waals surface area contributed by atoms with E-state index in [0.717, 1.165) is 3.97 Å². The summed E-state index contributed by atoms with van der Waals surface area (Å²) in [6.45, 7) is 5.28. The first kappa shape index (κ1) is 20.3. The highest BCUT2D eigenvalue weighted by atomic mass is 79.9. The number of fused-ring (bicyclic) bond motifs is 1. The number of hydrogen-bond donors (Lipinski definition) is 0. The van der Waals surface area contributed by atoms with Gasteiger partial charge in [-0.3, -0.25) is 0 Å². The van der Waals surface area contributed by atoms with Crippen molar-refractivity contribution in [2.24, 2.45) is 0 Å². The van der Waals surface area contributed by atoms with Crippen molar-refractivity contribution in [3.05, 3.63) is 64.9 Å². The van der Waals surface area contributed by atoms with E-state index in [0.29, 0.717) is 15.6 Å². The zero-order valence-corrected chi connectivity index (χ0v) is 18.0. The fourth-order valence-corrected chi connectivity index (χ4v) is 4.51. The Bertz CT molecular complexity index is 1160. The van der Waals surface area contributed by atoms with Crippen molar-refractivity contribution in [3.63, 3.8) is 0 Å². The average Bonchev–Trinajstić information content (AvgIpc) is 3.00. The van der Waals surface area contributed by atoms with E-state index in [1.165, 1.54) is 30.5 Å². The Kier molecular flexibility index (Phi) is 5.45. The summed E-state index contributed by atoms with van der Waals surface area (Å²) in [6.07, 6.45) is 4.15. The number of carbonyl (C=O) groups excluding carboxylic acids is 1. The van der Waals surface area contributed by atoms with Crippen molar-refractivity contribution in [2.45, 2.75) is 31.3 Å². The van der Waals surface area contributed by atoms with Crippen LogP contribution in [0.5, 0.6) is 0 Å². The number of rotatable bonds is 4. The van der Waals surface area contributed by atoms with Gasteiger partial charge in [0, 0.05) is 22.1 Å². The van der Waals surface area contributed by atoms with Crippen molar-refractivity contribution >= 4 is 49.0 Å². The van der Waals surface area contributed by atoms with E-state index in [1.54, 1.807) is 51.1 Å². The molecule has 0 spiro atoms. The molecular weight excluding hydrogens is 444 g/mol. The highest BCUT2D eigenvalue weighted by Crippen LogP contribution is 2.30. The van der Waals surface area contributed by atoms with E-state index >= 15 is 0 Å². The highest BCUT2D eigenvalue weighted by Gasteiger charge is 2.24. The molecule has 3 rings (SSSR count). The molecule has 2 heterocycles. The van der Waals surface area contributed by atoms with E-state index in [4.69, 9.17) is 4.74 Å². The standard InChI is InChI=1S/C20H19BrN2O4S/c1-20(2,3)27-18(24)10-9-14-13-16-17(21)11-12-22-19(16)23(14)28(25,26)15-7-5-4-6-8-15/h4-13H,1-3H3/b10-9+. The van der Waals surface area contributed by atoms with Crippen molar-refractivity contribution in [2.75, 3.05) is 0 Å². The van der Waals surface area contributed by atoms with Crippen LogP contribution >= 0.6 is 15.9 Å². The molecule has 1 aromatic carbocycles. The lowest BCUT2D eigenvalue weighted by molar-refractivity contribution is -0.148. The first-order valence-electron chi connectivity index (χ1n) is 8.47. The SMILES string of the molecule is CC(C)(C)OC(=O)/C=C/c1cc2c(Br)ccnc2n1S(=O)(=O)c1ccccc1. The van der Waals surface area contributed by atoms with Crippen molar-refractivity contribution in [1.29, 1.82) is 0 Å². The molecule has 0 bridgehead atoms. The van der Waals surface area contributed by atoms with Gasteiger partial charge in [0.25, 0.3) is 10.0 Å². The smallest absolute Gasteiger partial charge is 0.331 e. The lowest BCUT2D eigenvalue weighted by Gasteiger charge is -2.17. The molecule has 0 aliphatic carbocycles. The summed E-state index contributed by atoms with van der Waals surface area (Å²) in [4.78, 5) is 16.4. The van der Waals surface area contributed by atoms with E-state index in [1.807, 2.05) is 0 Å². The fraction of sp³-hybridized carbons (Fsp3) is 0.200. The van der Waals surface area contributed by atoms with E-state index in [9.17, 15) is 13.2 Å². The van der Waals surface area contributed by atoms with Crippen LogP contribution < -0.4 is 0 Å². The summed E-state index contributed by atoms with van der Waals surface area (Å²) in [6, 6.07) is 11.5. The predicted octanol–water partition coefficient (Wildman–Crippen LogP) is 4.39. The molecule has 0 aliphatic rings. The second-order valence-corrected chi connectivity index (χ2v) is 9.69. The normalized spacial score (nSPS) is 12.6. The van der Waals surface area contributed by atoms with Crippen LogP contribution in [0.15, 0.2) is 64.1 Å². The van der Waals surface area contributed by atoms with Crippen LogP contribution in [0.2, 0.25) is 0 Å². The number of ether oxygens (including phenoxy) is 1. The third-order valence-corrected chi connectivity index (χ3v) is 6.14. The number of hydrogen-bond acceptors (Lipinski definition) is 5. The van der Waals surface area contributed by atoms with E-state index < -0.39 is 21.6 Å². The van der Waals surface area contributed by atoms with Crippen LogP contribution in [0.1, 0.15) is 26.5 Å². The predicted molar refractivity (Wildman–Crippen MR) is 111 cm³/mol. The number of nitrogens with zero attached hydrogens (tertiary/aromatic N) is 2. The maximum absolute atomic E-state index is 13.3. The topological polar surface area (TPSA) is 78.3 Å². The van der Waals surface area contributed by atoms with Gasteiger partial charge in [-0.2, -0.15) is 0 Å². The molecule has 8 heteroatoms. The third-order valence-electron chi connectivity index (χ3n) is 3.71. The van der Waals surface area contributed by atoms with Crippen LogP contribution in [0.4, 0.5) is 0 Å². The van der Waals surface area contributed by atoms with Crippen LogP contribution in [-0.4, -0.2) is 28.9 Å². The summed E-state index contributed by atoms with van der Waals surface area (Å²) in [5, 5.41) is 0.617. The molecule has 0 unspecified atom stereocenters. The van der Waals surface area contributed by atoms with Crippen LogP contribution in [0.25, 0.3) is 17.1 Å². The Balaban J connectivity index is 2.17. The summed E-state index contributed by atoms with van der Waals surface area (Å²) >= 11 is 3.42. The van der Waals surface area contributed by atoms with Gasteiger partial charge in [-0.25, -0.2) is 22.2 Å². The van der Waals surface area contributed by atoms with Crippen molar-refractivity contribution in [3.8, 4) is 0 Å². The molecule has 146 valence electrons. The number of esters is 1. The quantitative estimate of drug-likeness (QED) is 0.424. The third kappa shape index (κ3) is 4.18. The molecule has 0 fully saturated rings. The maximum Gasteiger partial charge on any atom is 0.331 e. The Hall–Kier alpha value is -2.45. The Morgan fingerprint density at radius 2 is 1.86 bits per heavy atom. The van der Waals surface area contributed by atoms with Gasteiger partial charge in [0.15, 0.2) is 5.65 Å². The summed E-state index contributed by atoms with van der Waals surface area (Å²) in [7, 11) is -3.92. The van der Waals surface area contributed by atoms with Crippen LogP contribution in [0.3, 0.4) is 0 Å². The van der Waals surface area contributed by atoms with Crippen molar-refractivity contribution < 1.29 is 17.9 Å². The lowest BCUT2D eigenvalue weighted by Crippen LogP contribution is -2.22. The first-order chi connectivity index (χ1) is 13.1. The first-order valence-corrected chi connectivity index (χ1v) is 10.7. The summed E-state index contributed by atoms with van der Waals surface area (Å²) in [5.41, 5.74) is -0.0827. The van der Waals surface area contributed by atoms with Gasteiger partial charge >= 0.3 is 5.97 Å². The van der Waals surface area contributed by atoms with Gasteiger partial charge < -0.3 is 4.74 Å². The zero-order chi connectivity index (χ0) is 20.5. The van der Waals surface area contributed by atoms with Gasteiger partial charge in [-0.1, -0.05) is 18.2 Å². The van der Waals surface area contributed by atoms with Crippen LogP contribution in [-0.2, 0) is 19.6 Å². The van der Waals surface area contributed by atoms with Crippen molar-refractivity contribution in [1.82, 2.24) is 8.96 Å². The summed E-state index contributed by atoms with van der Waals surface area (Å²) < 4.78 is 33.6. The molecule has 0 saturated carbocycles. The fourth-order valence-electron chi connectivity index (χ4n) is 2.62. The number of halogens is 1. The monoisotopic (exact) mass is 462 g/mol. The number of carbonyl (C=O) groups is 1. The molecule has 0 N–H and O–H groups in total. The molecular formula is C20H19BrN2O4S. The molecule has 0 saturated heterocycles. The molecule has 0 radical (unpaired) electrons. The van der Waals surface area contributed by atoms with Gasteiger partial charge in [0.1, 0.15) is 5.60 Å². The maximum atomic E-state index is 13.3. The molecule has 28 heavy (non-hydrogen) atoms. The highest BCUT2D eigenvalue weighted by molar-refractivity contribution is 9.10. The average molecular weight is 463 g/mol. The minimum absolute atomic E-state index is 0.126. The molecule has 0 amide bonds. The van der Waals surface area contributed by atoms with Gasteiger partial charge in [0.2, 0.25) is 0 Å². The largest absolute Gasteiger partial charge is 0.457 e. The van der Waals surface area contributed by atoms with Gasteiger partial charge in [-0.15, -0.1) is 0 Å². The number of benzene rings is 1. The minimum Gasteiger partial charge on any atom is -0.457 e. The molecule has 0 atom stereocenters. The molecule has 6 nitrogen and oxygen atoms in total. The van der Waals surface area contributed by atoms with E-state index in [-0.39, 0.29) is 10.5 Å². The molecule has 0 aliphatic heterocycles.